The van der Waals surface area contributed by atoms with Crippen molar-refractivity contribution >= 4 is 34.6 Å². The Kier molecular flexibility index (Phi) is 3.39. The van der Waals surface area contributed by atoms with Gasteiger partial charge in [0.25, 0.3) is 0 Å². The number of anilines is 2. The van der Waals surface area contributed by atoms with E-state index in [1.165, 1.54) is 6.26 Å². The van der Waals surface area contributed by atoms with Crippen LogP contribution in [0.4, 0.5) is 11.4 Å². The van der Waals surface area contributed by atoms with E-state index < -0.39 is 0 Å². The summed E-state index contributed by atoms with van der Waals surface area (Å²) in [6.45, 7) is -0.124. The van der Waals surface area contributed by atoms with Gasteiger partial charge in [-0.05, 0) is 18.2 Å². The molecule has 0 saturated heterocycles. The van der Waals surface area contributed by atoms with Crippen molar-refractivity contribution in [2.45, 2.75) is 6.61 Å². The summed E-state index contributed by atoms with van der Waals surface area (Å²) >= 11 is 11.8. The van der Waals surface area contributed by atoms with Crippen LogP contribution in [0.5, 0.6) is 0 Å². The largest absolute Gasteiger partial charge is 0.458 e. The average molecular weight is 257 g/mol. The summed E-state index contributed by atoms with van der Waals surface area (Å²) in [5.41, 5.74) is 1.86. The highest BCUT2D eigenvalue weighted by Crippen LogP contribution is 2.29. The van der Waals surface area contributed by atoms with E-state index in [4.69, 9.17) is 32.7 Å². The second kappa shape index (κ2) is 4.78. The molecule has 1 aromatic heterocycles. The van der Waals surface area contributed by atoms with Crippen LogP contribution in [0.1, 0.15) is 5.56 Å². The zero-order valence-electron chi connectivity index (χ0n) is 8.13. The molecule has 0 bridgehead atoms. The highest BCUT2D eigenvalue weighted by atomic mass is 35.5. The second-order valence-corrected chi connectivity index (χ2v) is 3.99. The fraction of sp³-hybridized carbons (Fsp3) is 0.0909. The molecule has 0 aliphatic heterocycles. The number of furan rings is 1. The normalized spacial score (nSPS) is 10.4. The number of aliphatic hydroxyl groups is 1. The van der Waals surface area contributed by atoms with Gasteiger partial charge < -0.3 is 14.8 Å². The number of aliphatic hydroxyl groups excluding tert-OH is 1. The lowest BCUT2D eigenvalue weighted by Crippen LogP contribution is -1.93. The topological polar surface area (TPSA) is 45.4 Å². The summed E-state index contributed by atoms with van der Waals surface area (Å²) in [5.74, 6) is 0. The number of nitrogens with one attached hydrogen (secondary N) is 1. The van der Waals surface area contributed by atoms with Gasteiger partial charge in [0.1, 0.15) is 0 Å². The summed E-state index contributed by atoms with van der Waals surface area (Å²) in [7, 11) is 0. The van der Waals surface area contributed by atoms with E-state index >= 15 is 0 Å². The molecule has 0 saturated carbocycles. The molecule has 3 nitrogen and oxygen atoms in total. The van der Waals surface area contributed by atoms with Gasteiger partial charge in [-0.25, -0.2) is 0 Å². The average Bonchev–Trinajstić information content (AvgIpc) is 2.69. The first-order chi connectivity index (χ1) is 7.70. The van der Waals surface area contributed by atoms with Crippen LogP contribution in [-0.4, -0.2) is 5.11 Å². The predicted octanol–water partition coefficient (Wildman–Crippen LogP) is 3.62. The summed E-state index contributed by atoms with van der Waals surface area (Å²) in [5, 5.41) is 13.1. The van der Waals surface area contributed by atoms with Crippen molar-refractivity contribution in [2.75, 3.05) is 5.32 Å². The van der Waals surface area contributed by atoms with Gasteiger partial charge in [0.05, 0.1) is 29.3 Å². The Bertz CT molecular complexity index is 496. The van der Waals surface area contributed by atoms with Crippen molar-refractivity contribution in [1.82, 2.24) is 0 Å². The standard InChI is InChI=1S/C11H8Cl2NO2/c12-8-1-2-10(9(13)3-8)14-11-6-16-5-7(11)4-15/h1-3,5,14-15H,4H2. The zero-order chi connectivity index (χ0) is 11.5. The van der Waals surface area contributed by atoms with Crippen LogP contribution >= 0.6 is 23.2 Å². The Balaban J connectivity index is 2.27. The SMILES string of the molecule is OCc1co[c]c1Nc1ccc(Cl)cc1Cl. The molecular weight excluding hydrogens is 249 g/mol. The molecule has 0 aliphatic rings. The van der Waals surface area contributed by atoms with Crippen molar-refractivity contribution in [2.24, 2.45) is 0 Å². The van der Waals surface area contributed by atoms with Crippen molar-refractivity contribution in [3.8, 4) is 0 Å². The molecule has 16 heavy (non-hydrogen) atoms. The molecular formula is C11H8Cl2NO2. The molecule has 0 unspecified atom stereocenters. The van der Waals surface area contributed by atoms with Crippen LogP contribution in [0.3, 0.4) is 0 Å². The van der Waals surface area contributed by atoms with Gasteiger partial charge in [-0.3, -0.25) is 0 Å². The zero-order valence-corrected chi connectivity index (χ0v) is 9.64. The quantitative estimate of drug-likeness (QED) is 0.882. The maximum absolute atomic E-state index is 9.02. The molecule has 0 aliphatic carbocycles. The van der Waals surface area contributed by atoms with Crippen LogP contribution in [0.25, 0.3) is 0 Å². The Morgan fingerprint density at radius 1 is 1.38 bits per heavy atom. The highest BCUT2D eigenvalue weighted by Gasteiger charge is 2.07. The summed E-state index contributed by atoms with van der Waals surface area (Å²) in [6, 6.07) is 5.09. The highest BCUT2D eigenvalue weighted by molar-refractivity contribution is 6.36. The van der Waals surface area contributed by atoms with E-state index in [1.807, 2.05) is 0 Å². The Hall–Kier alpha value is -1.16. The monoisotopic (exact) mass is 256 g/mol. The fourth-order valence-corrected chi connectivity index (χ4v) is 1.69. The maximum Gasteiger partial charge on any atom is 0.195 e. The van der Waals surface area contributed by atoms with Crippen LogP contribution in [0, 0.1) is 6.26 Å². The van der Waals surface area contributed by atoms with E-state index in [0.29, 0.717) is 27.0 Å². The molecule has 5 heteroatoms. The molecule has 1 aromatic carbocycles. The van der Waals surface area contributed by atoms with Gasteiger partial charge in [0.2, 0.25) is 0 Å². The Morgan fingerprint density at radius 3 is 2.88 bits per heavy atom. The van der Waals surface area contributed by atoms with E-state index in [9.17, 15) is 0 Å². The number of hydrogen-bond donors (Lipinski definition) is 2. The molecule has 0 spiro atoms. The van der Waals surface area contributed by atoms with Crippen molar-refractivity contribution in [1.29, 1.82) is 0 Å². The van der Waals surface area contributed by atoms with E-state index in [0.717, 1.165) is 0 Å². The van der Waals surface area contributed by atoms with Gasteiger partial charge in [0, 0.05) is 10.6 Å². The van der Waals surface area contributed by atoms with Gasteiger partial charge >= 0.3 is 0 Å². The van der Waals surface area contributed by atoms with Gasteiger partial charge in [-0.15, -0.1) is 0 Å². The van der Waals surface area contributed by atoms with Crippen molar-refractivity contribution < 1.29 is 9.52 Å². The molecule has 2 aromatic rings. The third-order valence-electron chi connectivity index (χ3n) is 2.04. The second-order valence-electron chi connectivity index (χ2n) is 3.15. The molecule has 0 amide bonds. The minimum absolute atomic E-state index is 0.124. The minimum Gasteiger partial charge on any atom is -0.458 e. The van der Waals surface area contributed by atoms with E-state index in [2.05, 4.69) is 11.6 Å². The number of halogens is 2. The molecule has 0 atom stereocenters. The lowest BCUT2D eigenvalue weighted by molar-refractivity contribution is 0.281. The maximum atomic E-state index is 9.02. The first-order valence-corrected chi connectivity index (χ1v) is 5.27. The third kappa shape index (κ3) is 2.32. The van der Waals surface area contributed by atoms with E-state index in [-0.39, 0.29) is 6.61 Å². The Morgan fingerprint density at radius 2 is 2.19 bits per heavy atom. The number of hydrogen-bond acceptors (Lipinski definition) is 3. The smallest absolute Gasteiger partial charge is 0.195 e. The van der Waals surface area contributed by atoms with Crippen LogP contribution < -0.4 is 5.32 Å². The van der Waals surface area contributed by atoms with Crippen LogP contribution in [0.2, 0.25) is 10.0 Å². The fourth-order valence-electron chi connectivity index (χ4n) is 1.23. The van der Waals surface area contributed by atoms with Crippen molar-refractivity contribution in [3.05, 3.63) is 46.3 Å². The Labute approximate surface area is 103 Å². The third-order valence-corrected chi connectivity index (χ3v) is 2.59. The predicted molar refractivity (Wildman–Crippen MR) is 63.2 cm³/mol. The molecule has 2 rings (SSSR count). The van der Waals surface area contributed by atoms with Crippen molar-refractivity contribution in [3.63, 3.8) is 0 Å². The lowest BCUT2D eigenvalue weighted by atomic mass is 10.2. The summed E-state index contributed by atoms with van der Waals surface area (Å²) in [4.78, 5) is 0. The van der Waals surface area contributed by atoms with Crippen LogP contribution in [-0.2, 0) is 6.61 Å². The lowest BCUT2D eigenvalue weighted by Gasteiger charge is -2.07. The molecule has 1 radical (unpaired) electrons. The molecule has 0 fully saturated rings. The van der Waals surface area contributed by atoms with Gasteiger partial charge in [0.15, 0.2) is 6.26 Å². The first kappa shape index (κ1) is 11.3. The summed E-state index contributed by atoms with van der Waals surface area (Å²) in [6.07, 6.45) is 4.03. The van der Waals surface area contributed by atoms with Gasteiger partial charge in [-0.1, -0.05) is 23.2 Å². The van der Waals surface area contributed by atoms with E-state index in [1.54, 1.807) is 18.2 Å². The molecule has 1 heterocycles. The minimum atomic E-state index is -0.124. The first-order valence-electron chi connectivity index (χ1n) is 4.51. The number of rotatable bonds is 3. The summed E-state index contributed by atoms with van der Waals surface area (Å²) < 4.78 is 4.86. The van der Waals surface area contributed by atoms with Crippen LogP contribution in [0.15, 0.2) is 28.9 Å². The molecule has 2 N–H and O–H groups in total. The number of benzene rings is 1. The molecule has 83 valence electrons. The van der Waals surface area contributed by atoms with Gasteiger partial charge in [-0.2, -0.15) is 0 Å².